The molecule has 0 bridgehead atoms. The van der Waals surface area contributed by atoms with E-state index in [-0.39, 0.29) is 5.95 Å². The second kappa shape index (κ2) is 6.58. The molecule has 0 amide bonds. The number of rotatable bonds is 5. The van der Waals surface area contributed by atoms with E-state index in [9.17, 15) is 0 Å². The molecule has 1 aromatic carbocycles. The Balaban J connectivity index is 2.34. The van der Waals surface area contributed by atoms with Crippen LogP contribution in [0.2, 0.25) is 5.02 Å². The summed E-state index contributed by atoms with van der Waals surface area (Å²) in [5.74, 6) is 1.17. The van der Waals surface area contributed by atoms with Crippen LogP contribution in [0.1, 0.15) is 19.4 Å². The molecule has 0 aliphatic carbocycles. The minimum Gasteiger partial charge on any atom is -0.368 e. The van der Waals surface area contributed by atoms with Crippen LogP contribution in [-0.4, -0.2) is 28.0 Å². The van der Waals surface area contributed by atoms with Gasteiger partial charge in [0.05, 0.1) is 0 Å². The maximum atomic E-state index is 6.01. The van der Waals surface area contributed by atoms with Gasteiger partial charge in [-0.25, -0.2) is 0 Å². The molecule has 1 heterocycles. The van der Waals surface area contributed by atoms with Gasteiger partial charge in [0, 0.05) is 23.8 Å². The van der Waals surface area contributed by atoms with Gasteiger partial charge in [-0.1, -0.05) is 17.7 Å². The lowest BCUT2D eigenvalue weighted by Crippen LogP contribution is -2.25. The molecule has 0 aliphatic heterocycles. The van der Waals surface area contributed by atoms with Crippen LogP contribution in [0.3, 0.4) is 0 Å². The van der Waals surface area contributed by atoms with Gasteiger partial charge in [-0.3, -0.25) is 0 Å². The molecule has 2 rings (SSSR count). The zero-order valence-electron chi connectivity index (χ0n) is 12.4. The standard InChI is InChI=1S/C14H19ClN6/c1-4-21(5-2)14-19-12(16)18-13(20-14)17-11-8-10(15)7-6-9(11)3/h6-8H,4-5H2,1-3H3,(H3,16,17,18,19,20). The van der Waals surface area contributed by atoms with Crippen molar-refractivity contribution < 1.29 is 0 Å². The van der Waals surface area contributed by atoms with E-state index in [0.717, 1.165) is 24.3 Å². The van der Waals surface area contributed by atoms with Crippen LogP contribution in [0, 0.1) is 6.92 Å². The lowest BCUT2D eigenvalue weighted by molar-refractivity contribution is 0.816. The molecular weight excluding hydrogens is 288 g/mol. The number of aromatic nitrogens is 3. The van der Waals surface area contributed by atoms with Crippen LogP contribution in [0.15, 0.2) is 18.2 Å². The van der Waals surface area contributed by atoms with E-state index in [2.05, 4.69) is 20.3 Å². The monoisotopic (exact) mass is 306 g/mol. The van der Waals surface area contributed by atoms with E-state index < -0.39 is 0 Å². The van der Waals surface area contributed by atoms with Gasteiger partial charge in [0.15, 0.2) is 0 Å². The van der Waals surface area contributed by atoms with Crippen molar-refractivity contribution in [2.24, 2.45) is 0 Å². The average Bonchev–Trinajstić information content (AvgIpc) is 2.44. The highest BCUT2D eigenvalue weighted by Gasteiger charge is 2.10. The van der Waals surface area contributed by atoms with Crippen molar-refractivity contribution in [3.63, 3.8) is 0 Å². The third-order valence-corrected chi connectivity index (χ3v) is 3.37. The highest BCUT2D eigenvalue weighted by atomic mass is 35.5. The Morgan fingerprint density at radius 3 is 2.57 bits per heavy atom. The van der Waals surface area contributed by atoms with Gasteiger partial charge in [-0.05, 0) is 38.5 Å². The number of nitrogen functional groups attached to an aromatic ring is 1. The minimum absolute atomic E-state index is 0.189. The molecule has 0 radical (unpaired) electrons. The van der Waals surface area contributed by atoms with Crippen LogP contribution < -0.4 is 16.0 Å². The third kappa shape index (κ3) is 3.72. The molecule has 0 fully saturated rings. The summed E-state index contributed by atoms with van der Waals surface area (Å²) in [7, 11) is 0. The molecule has 0 unspecified atom stereocenters. The van der Waals surface area contributed by atoms with E-state index >= 15 is 0 Å². The Morgan fingerprint density at radius 2 is 1.90 bits per heavy atom. The van der Waals surface area contributed by atoms with Crippen molar-refractivity contribution in [3.05, 3.63) is 28.8 Å². The van der Waals surface area contributed by atoms with Crippen LogP contribution in [0.4, 0.5) is 23.5 Å². The van der Waals surface area contributed by atoms with Crippen LogP contribution in [0.5, 0.6) is 0 Å². The number of nitrogens with one attached hydrogen (secondary N) is 1. The Bertz CT molecular complexity index is 627. The van der Waals surface area contributed by atoms with Gasteiger partial charge >= 0.3 is 0 Å². The van der Waals surface area contributed by atoms with Crippen molar-refractivity contribution >= 4 is 35.1 Å². The Morgan fingerprint density at radius 1 is 1.19 bits per heavy atom. The summed E-state index contributed by atoms with van der Waals surface area (Å²) >= 11 is 6.01. The Kier molecular flexibility index (Phi) is 4.80. The fourth-order valence-corrected chi connectivity index (χ4v) is 2.11. The van der Waals surface area contributed by atoms with Crippen LogP contribution in [0.25, 0.3) is 0 Å². The topological polar surface area (TPSA) is 80.0 Å². The van der Waals surface area contributed by atoms with Gasteiger partial charge in [-0.15, -0.1) is 0 Å². The number of hydrogen-bond acceptors (Lipinski definition) is 6. The number of anilines is 4. The molecule has 0 spiro atoms. The third-order valence-electron chi connectivity index (χ3n) is 3.13. The summed E-state index contributed by atoms with van der Waals surface area (Å²) in [6, 6.07) is 5.60. The smallest absolute Gasteiger partial charge is 0.233 e. The number of halogens is 1. The van der Waals surface area contributed by atoms with Crippen molar-refractivity contribution in [2.45, 2.75) is 20.8 Å². The number of aryl methyl sites for hydroxylation is 1. The number of benzene rings is 1. The highest BCUT2D eigenvalue weighted by molar-refractivity contribution is 6.30. The molecule has 2 aromatic rings. The molecule has 21 heavy (non-hydrogen) atoms. The quantitative estimate of drug-likeness (QED) is 0.884. The first-order chi connectivity index (χ1) is 10.0. The fourth-order valence-electron chi connectivity index (χ4n) is 1.93. The highest BCUT2D eigenvalue weighted by Crippen LogP contribution is 2.23. The average molecular weight is 307 g/mol. The molecule has 0 aliphatic rings. The second-order valence-corrected chi connectivity index (χ2v) is 5.01. The number of nitrogens with zero attached hydrogens (tertiary/aromatic N) is 4. The zero-order valence-corrected chi connectivity index (χ0v) is 13.1. The molecule has 0 saturated heterocycles. The SMILES string of the molecule is CCN(CC)c1nc(N)nc(Nc2cc(Cl)ccc2C)n1. The molecule has 1 aromatic heterocycles. The molecule has 112 valence electrons. The van der Waals surface area contributed by atoms with Crippen molar-refractivity contribution in [1.29, 1.82) is 0 Å². The molecule has 3 N–H and O–H groups in total. The van der Waals surface area contributed by atoms with E-state index in [1.807, 2.05) is 43.9 Å². The predicted octanol–water partition coefficient (Wildman–Crippen LogP) is 3.01. The van der Waals surface area contributed by atoms with Crippen molar-refractivity contribution in [3.8, 4) is 0 Å². The van der Waals surface area contributed by atoms with Gasteiger partial charge in [0.2, 0.25) is 17.8 Å². The van der Waals surface area contributed by atoms with E-state index in [1.54, 1.807) is 0 Å². The Labute approximate surface area is 129 Å². The van der Waals surface area contributed by atoms with Crippen LogP contribution >= 0.6 is 11.6 Å². The zero-order chi connectivity index (χ0) is 15.4. The maximum Gasteiger partial charge on any atom is 0.233 e. The Hall–Kier alpha value is -2.08. The fraction of sp³-hybridized carbons (Fsp3) is 0.357. The normalized spacial score (nSPS) is 10.5. The summed E-state index contributed by atoms with van der Waals surface area (Å²) in [6.45, 7) is 7.66. The van der Waals surface area contributed by atoms with Gasteiger partial charge in [-0.2, -0.15) is 15.0 Å². The van der Waals surface area contributed by atoms with Crippen molar-refractivity contribution in [1.82, 2.24) is 15.0 Å². The van der Waals surface area contributed by atoms with E-state index in [0.29, 0.717) is 16.9 Å². The largest absolute Gasteiger partial charge is 0.368 e. The molecule has 6 nitrogen and oxygen atoms in total. The first kappa shape index (κ1) is 15.3. The summed E-state index contributed by atoms with van der Waals surface area (Å²) in [4.78, 5) is 14.7. The van der Waals surface area contributed by atoms with Gasteiger partial charge in [0.1, 0.15) is 0 Å². The van der Waals surface area contributed by atoms with Gasteiger partial charge in [0.25, 0.3) is 0 Å². The molecule has 0 atom stereocenters. The first-order valence-corrected chi connectivity index (χ1v) is 7.21. The molecule has 7 heteroatoms. The summed E-state index contributed by atoms with van der Waals surface area (Å²) < 4.78 is 0. The molecule has 0 saturated carbocycles. The minimum atomic E-state index is 0.189. The van der Waals surface area contributed by atoms with E-state index in [4.69, 9.17) is 17.3 Å². The number of hydrogen-bond donors (Lipinski definition) is 2. The van der Waals surface area contributed by atoms with Crippen LogP contribution in [-0.2, 0) is 0 Å². The lowest BCUT2D eigenvalue weighted by atomic mass is 10.2. The summed E-state index contributed by atoms with van der Waals surface area (Å²) in [5, 5.41) is 3.79. The number of nitrogens with two attached hydrogens (primary N) is 1. The second-order valence-electron chi connectivity index (χ2n) is 4.57. The summed E-state index contributed by atoms with van der Waals surface area (Å²) in [6.07, 6.45) is 0. The van der Waals surface area contributed by atoms with Gasteiger partial charge < -0.3 is 16.0 Å². The summed E-state index contributed by atoms with van der Waals surface area (Å²) in [5.41, 5.74) is 7.66. The van der Waals surface area contributed by atoms with Crippen molar-refractivity contribution in [2.75, 3.05) is 29.0 Å². The predicted molar refractivity (Wildman–Crippen MR) is 87.3 cm³/mol. The lowest BCUT2D eigenvalue weighted by Gasteiger charge is -2.19. The molecular formula is C14H19ClN6. The van der Waals surface area contributed by atoms with E-state index in [1.165, 1.54) is 0 Å². The first-order valence-electron chi connectivity index (χ1n) is 6.83. The maximum absolute atomic E-state index is 6.01.